The minimum absolute atomic E-state index is 0.264. The van der Waals surface area contributed by atoms with Crippen LogP contribution in [0.5, 0.6) is 11.5 Å². The van der Waals surface area contributed by atoms with Crippen LogP contribution in [0.15, 0.2) is 42.5 Å². The number of carbonyl (C=O) groups excluding carboxylic acids is 1. The molecule has 0 bridgehead atoms. The maximum atomic E-state index is 11.7. The van der Waals surface area contributed by atoms with Crippen molar-refractivity contribution in [3.8, 4) is 11.5 Å². The summed E-state index contributed by atoms with van der Waals surface area (Å²) in [7, 11) is 3.04. The number of hydrogen-bond donors (Lipinski definition) is 2. The summed E-state index contributed by atoms with van der Waals surface area (Å²) in [5, 5.41) is 2.54. The van der Waals surface area contributed by atoms with Crippen LogP contribution in [0.3, 0.4) is 0 Å². The molecule has 2 aromatic rings. The van der Waals surface area contributed by atoms with E-state index in [0.29, 0.717) is 23.7 Å². The van der Waals surface area contributed by atoms with Crippen molar-refractivity contribution in [1.29, 1.82) is 0 Å². The molecule has 110 valence electrons. The number of hydrogen-bond acceptors (Lipinski definition) is 4. The quantitative estimate of drug-likeness (QED) is 0.827. The van der Waals surface area contributed by atoms with Gasteiger partial charge in [0.1, 0.15) is 6.61 Å². The number of methoxy groups -OCH3 is 1. The molecule has 0 aliphatic carbocycles. The van der Waals surface area contributed by atoms with Crippen LogP contribution in [-0.2, 0) is 6.61 Å². The fourth-order valence-corrected chi connectivity index (χ4v) is 1.97. The van der Waals surface area contributed by atoms with Gasteiger partial charge in [0.05, 0.1) is 18.4 Å². The first-order valence-corrected chi connectivity index (χ1v) is 6.52. The number of nitrogens with one attached hydrogen (secondary N) is 1. The monoisotopic (exact) mass is 286 g/mol. The summed E-state index contributed by atoms with van der Waals surface area (Å²) in [6.07, 6.45) is 0. The van der Waals surface area contributed by atoms with Crippen molar-refractivity contribution >= 4 is 11.6 Å². The third-order valence-corrected chi connectivity index (χ3v) is 3.07. The van der Waals surface area contributed by atoms with Crippen molar-refractivity contribution in [3.05, 3.63) is 53.6 Å². The largest absolute Gasteiger partial charge is 0.491 e. The number of nitrogens with two attached hydrogens (primary N) is 1. The minimum atomic E-state index is -0.264. The van der Waals surface area contributed by atoms with Crippen LogP contribution in [0, 0.1) is 0 Å². The maximum absolute atomic E-state index is 11.7. The van der Waals surface area contributed by atoms with E-state index in [1.165, 1.54) is 7.11 Å². The molecule has 0 saturated carbocycles. The van der Waals surface area contributed by atoms with Crippen LogP contribution < -0.4 is 20.5 Å². The second kappa shape index (κ2) is 6.65. The second-order valence-electron chi connectivity index (χ2n) is 4.41. The highest BCUT2D eigenvalue weighted by Gasteiger charge is 2.16. The van der Waals surface area contributed by atoms with Gasteiger partial charge in [-0.15, -0.1) is 0 Å². The van der Waals surface area contributed by atoms with E-state index >= 15 is 0 Å². The van der Waals surface area contributed by atoms with E-state index in [1.54, 1.807) is 19.2 Å². The summed E-state index contributed by atoms with van der Waals surface area (Å²) in [6.45, 7) is 0.399. The van der Waals surface area contributed by atoms with Crippen molar-refractivity contribution in [2.75, 3.05) is 19.9 Å². The second-order valence-corrected chi connectivity index (χ2v) is 4.41. The van der Waals surface area contributed by atoms with Crippen LogP contribution >= 0.6 is 0 Å². The zero-order chi connectivity index (χ0) is 15.2. The van der Waals surface area contributed by atoms with E-state index in [9.17, 15) is 4.79 Å². The molecule has 1 amide bonds. The fraction of sp³-hybridized carbons (Fsp3) is 0.188. The van der Waals surface area contributed by atoms with Gasteiger partial charge in [0.25, 0.3) is 5.91 Å². The molecule has 0 aliphatic heterocycles. The highest BCUT2D eigenvalue weighted by Crippen LogP contribution is 2.36. The Balaban J connectivity index is 2.24. The van der Waals surface area contributed by atoms with Gasteiger partial charge in [-0.25, -0.2) is 0 Å². The third-order valence-electron chi connectivity index (χ3n) is 3.07. The molecular weight excluding hydrogens is 268 g/mol. The summed E-state index contributed by atoms with van der Waals surface area (Å²) in [5.41, 5.74) is 7.64. The van der Waals surface area contributed by atoms with Crippen LogP contribution in [0.25, 0.3) is 0 Å². The average molecular weight is 286 g/mol. The first-order chi connectivity index (χ1) is 10.2. The Hall–Kier alpha value is -2.69. The summed E-state index contributed by atoms with van der Waals surface area (Å²) in [4.78, 5) is 11.7. The van der Waals surface area contributed by atoms with Crippen molar-refractivity contribution in [3.63, 3.8) is 0 Å². The molecule has 0 unspecified atom stereocenters. The first-order valence-electron chi connectivity index (χ1n) is 6.52. The number of nitrogen functional groups attached to an aromatic ring is 1. The lowest BCUT2D eigenvalue weighted by atomic mass is 10.1. The molecule has 0 saturated heterocycles. The summed E-state index contributed by atoms with van der Waals surface area (Å²) in [5.74, 6) is 0.610. The van der Waals surface area contributed by atoms with Gasteiger partial charge in [-0.2, -0.15) is 0 Å². The van der Waals surface area contributed by atoms with Crippen LogP contribution in [0.2, 0.25) is 0 Å². The van der Waals surface area contributed by atoms with Crippen molar-refractivity contribution in [2.45, 2.75) is 6.61 Å². The molecule has 21 heavy (non-hydrogen) atoms. The maximum Gasteiger partial charge on any atom is 0.253 e. The molecular formula is C16H18N2O3. The molecule has 0 atom stereocenters. The molecule has 5 heteroatoms. The third kappa shape index (κ3) is 3.25. The molecule has 0 spiro atoms. The van der Waals surface area contributed by atoms with E-state index in [0.717, 1.165) is 5.56 Å². The average Bonchev–Trinajstić information content (AvgIpc) is 2.53. The number of rotatable bonds is 5. The number of amides is 1. The number of carbonyl (C=O) groups is 1. The van der Waals surface area contributed by atoms with Gasteiger partial charge in [-0.05, 0) is 17.7 Å². The zero-order valence-electron chi connectivity index (χ0n) is 12.1. The van der Waals surface area contributed by atoms with E-state index < -0.39 is 0 Å². The molecule has 0 fully saturated rings. The SMILES string of the molecule is CNC(=O)c1ccc(OCc2ccccc2)c(OC)c1N. The molecule has 0 radical (unpaired) electrons. The van der Waals surface area contributed by atoms with E-state index in [2.05, 4.69) is 5.32 Å². The Kier molecular flexibility index (Phi) is 4.66. The van der Waals surface area contributed by atoms with Gasteiger partial charge < -0.3 is 20.5 Å². The smallest absolute Gasteiger partial charge is 0.253 e. The lowest BCUT2D eigenvalue weighted by Gasteiger charge is -2.15. The highest BCUT2D eigenvalue weighted by atomic mass is 16.5. The number of benzene rings is 2. The van der Waals surface area contributed by atoms with Crippen molar-refractivity contribution in [2.24, 2.45) is 0 Å². The molecule has 5 nitrogen and oxygen atoms in total. The lowest BCUT2D eigenvalue weighted by molar-refractivity contribution is 0.0963. The topological polar surface area (TPSA) is 73.6 Å². The molecule has 3 N–H and O–H groups in total. The Labute approximate surface area is 123 Å². The highest BCUT2D eigenvalue weighted by molar-refractivity contribution is 6.00. The summed E-state index contributed by atoms with van der Waals surface area (Å²) in [6, 6.07) is 13.1. The minimum Gasteiger partial charge on any atom is -0.491 e. The number of anilines is 1. The Bertz CT molecular complexity index is 627. The van der Waals surface area contributed by atoms with Gasteiger partial charge in [-0.1, -0.05) is 30.3 Å². The van der Waals surface area contributed by atoms with Gasteiger partial charge in [0.2, 0.25) is 0 Å². The van der Waals surface area contributed by atoms with Crippen molar-refractivity contribution in [1.82, 2.24) is 5.32 Å². The van der Waals surface area contributed by atoms with Crippen LogP contribution in [-0.4, -0.2) is 20.1 Å². The van der Waals surface area contributed by atoms with Crippen molar-refractivity contribution < 1.29 is 14.3 Å². The van der Waals surface area contributed by atoms with E-state index in [-0.39, 0.29) is 11.6 Å². The predicted octanol–water partition coefficient (Wildman–Crippen LogP) is 2.22. The predicted molar refractivity (Wildman–Crippen MR) is 81.6 cm³/mol. The molecule has 2 aromatic carbocycles. The van der Waals surface area contributed by atoms with Crippen LogP contribution in [0.1, 0.15) is 15.9 Å². The lowest BCUT2D eigenvalue weighted by Crippen LogP contribution is -2.19. The normalized spacial score (nSPS) is 10.0. The molecule has 2 rings (SSSR count). The van der Waals surface area contributed by atoms with Gasteiger partial charge in [-0.3, -0.25) is 4.79 Å². The Morgan fingerprint density at radius 2 is 1.90 bits per heavy atom. The molecule has 0 heterocycles. The standard InChI is InChI=1S/C16H18N2O3/c1-18-16(19)12-8-9-13(15(20-2)14(12)17)21-10-11-6-4-3-5-7-11/h3-9H,10,17H2,1-2H3,(H,18,19). The van der Waals surface area contributed by atoms with Crippen LogP contribution in [0.4, 0.5) is 5.69 Å². The van der Waals surface area contributed by atoms with E-state index in [1.807, 2.05) is 30.3 Å². The summed E-state index contributed by atoms with van der Waals surface area (Å²) >= 11 is 0. The Morgan fingerprint density at radius 3 is 2.52 bits per heavy atom. The molecule has 0 aromatic heterocycles. The van der Waals surface area contributed by atoms with Gasteiger partial charge in [0.15, 0.2) is 11.5 Å². The van der Waals surface area contributed by atoms with Gasteiger partial charge >= 0.3 is 0 Å². The number of ether oxygens (including phenoxy) is 2. The summed E-state index contributed by atoms with van der Waals surface area (Å²) < 4.78 is 11.0. The first kappa shape index (κ1) is 14.7. The Morgan fingerprint density at radius 1 is 1.19 bits per heavy atom. The van der Waals surface area contributed by atoms with Gasteiger partial charge in [0, 0.05) is 7.05 Å². The molecule has 0 aliphatic rings. The zero-order valence-corrected chi connectivity index (χ0v) is 12.1. The fourth-order valence-electron chi connectivity index (χ4n) is 1.97. The van der Waals surface area contributed by atoms with E-state index in [4.69, 9.17) is 15.2 Å².